The lowest BCUT2D eigenvalue weighted by molar-refractivity contribution is -0.242. The van der Waals surface area contributed by atoms with Gasteiger partial charge < -0.3 is 25.9 Å². The summed E-state index contributed by atoms with van der Waals surface area (Å²) >= 11 is 11.1. The number of halogens is 4. The van der Waals surface area contributed by atoms with Crippen molar-refractivity contribution in [3.05, 3.63) is 72.2 Å². The van der Waals surface area contributed by atoms with E-state index in [0.29, 0.717) is 6.08 Å². The van der Waals surface area contributed by atoms with Crippen LogP contribution in [0.1, 0.15) is 16.1 Å². The van der Waals surface area contributed by atoms with E-state index in [-0.39, 0.29) is 22.6 Å². The molecule has 12 heteroatoms. The van der Waals surface area contributed by atoms with Crippen molar-refractivity contribution >= 4 is 52.0 Å². The Bertz CT molecular complexity index is 1130. The summed E-state index contributed by atoms with van der Waals surface area (Å²) in [6, 6.07) is 7.87. The second-order valence-electron chi connectivity index (χ2n) is 6.70. The van der Waals surface area contributed by atoms with Gasteiger partial charge in [0.1, 0.15) is 4.99 Å². The predicted molar refractivity (Wildman–Crippen MR) is 115 cm³/mol. The molecule has 0 saturated carbocycles. The van der Waals surface area contributed by atoms with Crippen LogP contribution in [0.5, 0.6) is 0 Å². The number of hydrogen-bond donors (Lipinski definition) is 4. The second kappa shape index (κ2) is 8.41. The summed E-state index contributed by atoms with van der Waals surface area (Å²) < 4.78 is 46.3. The lowest BCUT2D eigenvalue weighted by Crippen LogP contribution is -2.65. The molecule has 0 bridgehead atoms. The number of aliphatic hydroxyl groups is 1. The monoisotopic (exact) mass is 485 g/mol. The van der Waals surface area contributed by atoms with E-state index in [1.165, 1.54) is 30.5 Å². The molecule has 1 aromatic heterocycles. The molecule has 32 heavy (non-hydrogen) atoms. The molecule has 3 rings (SSSR count). The number of urea groups is 1. The Balaban J connectivity index is 2.08. The number of anilines is 1. The van der Waals surface area contributed by atoms with Gasteiger partial charge in [0.2, 0.25) is 5.60 Å². The smallest absolute Gasteiger partial charge is 0.423 e. The first-order valence-corrected chi connectivity index (χ1v) is 9.63. The van der Waals surface area contributed by atoms with Crippen LogP contribution >= 0.6 is 23.8 Å². The lowest BCUT2D eigenvalue weighted by atomic mass is 9.78. The zero-order valence-corrected chi connectivity index (χ0v) is 17.5. The summed E-state index contributed by atoms with van der Waals surface area (Å²) in [5, 5.41) is 14.9. The van der Waals surface area contributed by atoms with E-state index in [1.54, 1.807) is 12.1 Å². The second-order valence-corrected chi connectivity index (χ2v) is 7.71. The zero-order chi connectivity index (χ0) is 23.7. The molecule has 1 aliphatic rings. The molecule has 5 N–H and O–H groups in total. The minimum Gasteiger partial charge on any atom is -0.459 e. The highest BCUT2D eigenvalue weighted by Gasteiger charge is 2.66. The average molecular weight is 486 g/mol. The Morgan fingerprint density at radius 3 is 2.47 bits per heavy atom. The fourth-order valence-corrected chi connectivity index (χ4v) is 3.70. The normalized spacial score (nSPS) is 22.7. The van der Waals surface area contributed by atoms with Gasteiger partial charge in [-0.15, -0.1) is 11.6 Å². The van der Waals surface area contributed by atoms with Crippen LogP contribution in [0, 0.1) is 0 Å². The lowest BCUT2D eigenvalue weighted by Gasteiger charge is -2.42. The summed E-state index contributed by atoms with van der Waals surface area (Å²) in [4.78, 5) is 19.9. The van der Waals surface area contributed by atoms with Gasteiger partial charge in [-0.2, -0.15) is 13.2 Å². The fourth-order valence-electron chi connectivity index (χ4n) is 3.05. The predicted octanol–water partition coefficient (Wildman–Crippen LogP) is 3.75. The number of rotatable bonds is 4. The first-order chi connectivity index (χ1) is 14.9. The van der Waals surface area contributed by atoms with Crippen LogP contribution in [0.15, 0.2) is 65.3 Å². The summed E-state index contributed by atoms with van der Waals surface area (Å²) in [6.07, 6.45) is -1.70. The zero-order valence-electron chi connectivity index (χ0n) is 15.9. The molecule has 1 aromatic carbocycles. The maximum atomic E-state index is 13.8. The highest BCUT2D eigenvalue weighted by atomic mass is 35.5. The molecule has 2 aromatic rings. The van der Waals surface area contributed by atoms with E-state index < -0.39 is 33.6 Å². The number of amides is 3. The number of primary amides is 1. The molecule has 2 atom stereocenters. The molecule has 3 amide bonds. The minimum atomic E-state index is -5.26. The number of carbonyl (C=O) groups is 2. The van der Waals surface area contributed by atoms with E-state index in [1.807, 2.05) is 5.32 Å². The highest BCUT2D eigenvalue weighted by molar-refractivity contribution is 7.80. The van der Waals surface area contributed by atoms with Crippen LogP contribution in [0.2, 0.25) is 0 Å². The van der Waals surface area contributed by atoms with Gasteiger partial charge in [-0.3, -0.25) is 4.79 Å². The van der Waals surface area contributed by atoms with E-state index in [2.05, 4.69) is 5.32 Å². The summed E-state index contributed by atoms with van der Waals surface area (Å²) in [6.45, 7) is 0. The minimum absolute atomic E-state index is 0.0120. The first-order valence-electron chi connectivity index (χ1n) is 8.84. The number of alkyl halides is 4. The van der Waals surface area contributed by atoms with Gasteiger partial charge in [0, 0.05) is 11.3 Å². The Labute approximate surface area is 189 Å². The van der Waals surface area contributed by atoms with E-state index in [4.69, 9.17) is 34.0 Å². The van der Waals surface area contributed by atoms with Crippen molar-refractivity contribution in [1.82, 2.24) is 5.32 Å². The van der Waals surface area contributed by atoms with Crippen molar-refractivity contribution < 1.29 is 32.3 Å². The standard InChI is InChI=1S/C20H15ClF3N3O4S/c21-18(16(32)27-17(25)29)10-11(7-8-19(18,30)20(22,23)24)12-4-1-2-5-13(12)26-15(28)14-6-3-9-31-14/h1-10,30H,(H,26,28)(H3,25,27,29,32). The number of nitrogens with two attached hydrogens (primary N) is 1. The molecule has 0 radical (unpaired) electrons. The topological polar surface area (TPSA) is 118 Å². The van der Waals surface area contributed by atoms with Crippen molar-refractivity contribution in [2.24, 2.45) is 5.73 Å². The maximum absolute atomic E-state index is 13.8. The van der Waals surface area contributed by atoms with Gasteiger partial charge in [0.25, 0.3) is 5.91 Å². The molecule has 1 aliphatic carbocycles. The summed E-state index contributed by atoms with van der Waals surface area (Å²) in [5.74, 6) is -0.587. The molecule has 7 nitrogen and oxygen atoms in total. The Morgan fingerprint density at radius 2 is 1.88 bits per heavy atom. The Morgan fingerprint density at radius 1 is 1.19 bits per heavy atom. The molecule has 0 fully saturated rings. The van der Waals surface area contributed by atoms with Crippen molar-refractivity contribution in [3.63, 3.8) is 0 Å². The molecular weight excluding hydrogens is 471 g/mol. The van der Waals surface area contributed by atoms with Crippen molar-refractivity contribution in [3.8, 4) is 0 Å². The number of furan rings is 1. The molecule has 168 valence electrons. The van der Waals surface area contributed by atoms with Gasteiger partial charge in [0.05, 0.1) is 6.26 Å². The van der Waals surface area contributed by atoms with Crippen LogP contribution in [-0.4, -0.2) is 38.7 Å². The first kappa shape index (κ1) is 23.5. The van der Waals surface area contributed by atoms with E-state index in [9.17, 15) is 27.9 Å². The van der Waals surface area contributed by atoms with Crippen LogP contribution in [0.3, 0.4) is 0 Å². The molecule has 2 unspecified atom stereocenters. The van der Waals surface area contributed by atoms with Gasteiger partial charge in [-0.05, 0) is 35.9 Å². The number of nitrogens with one attached hydrogen (secondary N) is 2. The number of para-hydroxylation sites is 1. The van der Waals surface area contributed by atoms with Crippen LogP contribution in [0.25, 0.3) is 5.57 Å². The third-order valence-corrected chi connectivity index (χ3v) is 5.77. The van der Waals surface area contributed by atoms with E-state index in [0.717, 1.165) is 12.2 Å². The number of hydrogen-bond acceptors (Lipinski definition) is 5. The van der Waals surface area contributed by atoms with Gasteiger partial charge >= 0.3 is 12.2 Å². The SMILES string of the molecule is NC(=O)NC(=S)C1(Cl)C=C(c2ccccc2NC(=O)c2ccco2)C=CC1(O)C(F)(F)F. The van der Waals surface area contributed by atoms with Crippen molar-refractivity contribution in [2.45, 2.75) is 16.7 Å². The summed E-state index contributed by atoms with van der Waals surface area (Å²) in [5.41, 5.74) is 1.88. The van der Waals surface area contributed by atoms with E-state index >= 15 is 0 Å². The number of benzene rings is 1. The molecule has 0 aliphatic heterocycles. The van der Waals surface area contributed by atoms with Crippen LogP contribution in [0.4, 0.5) is 23.7 Å². The van der Waals surface area contributed by atoms with Crippen molar-refractivity contribution in [1.29, 1.82) is 0 Å². The Hall–Kier alpha value is -3.15. The van der Waals surface area contributed by atoms with Gasteiger partial charge in [0.15, 0.2) is 10.6 Å². The highest BCUT2D eigenvalue weighted by Crippen LogP contribution is 2.49. The Kier molecular flexibility index (Phi) is 6.18. The maximum Gasteiger partial charge on any atom is 0.423 e. The van der Waals surface area contributed by atoms with Gasteiger partial charge in [-0.1, -0.05) is 36.5 Å². The van der Waals surface area contributed by atoms with Gasteiger partial charge in [-0.25, -0.2) is 4.79 Å². The number of allylic oxidation sites excluding steroid dienone is 2. The van der Waals surface area contributed by atoms with Crippen molar-refractivity contribution in [2.75, 3.05) is 5.32 Å². The third-order valence-electron chi connectivity index (χ3n) is 4.64. The number of carbonyl (C=O) groups excluding carboxylic acids is 2. The quantitative estimate of drug-likeness (QED) is 0.388. The fraction of sp³-hybridized carbons (Fsp3) is 0.150. The molecule has 1 heterocycles. The third kappa shape index (κ3) is 4.14. The largest absolute Gasteiger partial charge is 0.459 e. The molecular formula is C20H15ClF3N3O4S. The average Bonchev–Trinajstić information content (AvgIpc) is 3.24. The molecule has 0 spiro atoms. The number of thiocarbonyl (C=S) groups is 1. The molecule has 0 saturated heterocycles. The summed E-state index contributed by atoms with van der Waals surface area (Å²) in [7, 11) is 0. The van der Waals surface area contributed by atoms with Crippen LogP contribution in [-0.2, 0) is 0 Å². The van der Waals surface area contributed by atoms with Crippen LogP contribution < -0.4 is 16.4 Å².